The van der Waals surface area contributed by atoms with E-state index in [4.69, 9.17) is 4.74 Å². The quantitative estimate of drug-likeness (QED) is 0.568. The number of piperidine rings is 2. The van der Waals surface area contributed by atoms with Crippen molar-refractivity contribution in [1.82, 2.24) is 4.90 Å². The highest BCUT2D eigenvalue weighted by Crippen LogP contribution is 2.32. The van der Waals surface area contributed by atoms with E-state index >= 15 is 0 Å². The van der Waals surface area contributed by atoms with Crippen LogP contribution in [-0.4, -0.2) is 44.2 Å². The average molecular weight is 486 g/mol. The number of nitriles is 1. The fourth-order valence-electron chi connectivity index (χ4n) is 5.00. The summed E-state index contributed by atoms with van der Waals surface area (Å²) >= 11 is 3.57. The summed E-state index contributed by atoms with van der Waals surface area (Å²) in [5.41, 5.74) is 2.78. The van der Waals surface area contributed by atoms with E-state index in [0.29, 0.717) is 17.5 Å². The van der Waals surface area contributed by atoms with Gasteiger partial charge in [-0.3, -0.25) is 0 Å². The fourth-order valence-corrected chi connectivity index (χ4v) is 5.41. The fraction of sp³-hybridized carbons (Fsp3) is 0.480. The van der Waals surface area contributed by atoms with Crippen molar-refractivity contribution < 1.29 is 9.13 Å². The van der Waals surface area contributed by atoms with Gasteiger partial charge in [0.25, 0.3) is 0 Å². The topological polar surface area (TPSA) is 39.5 Å². The predicted octanol–water partition coefficient (Wildman–Crippen LogP) is 5.39. The number of benzene rings is 2. The first-order valence-electron chi connectivity index (χ1n) is 11.1. The van der Waals surface area contributed by atoms with Crippen molar-refractivity contribution in [1.29, 1.82) is 5.26 Å². The molecule has 2 aliphatic rings. The number of nitrogens with zero attached hydrogens (tertiary/aromatic N) is 3. The molecule has 2 aromatic carbocycles. The van der Waals surface area contributed by atoms with E-state index in [1.54, 1.807) is 13.2 Å². The zero-order valence-corrected chi connectivity index (χ0v) is 19.6. The van der Waals surface area contributed by atoms with Crippen LogP contribution in [0.1, 0.15) is 36.8 Å². The van der Waals surface area contributed by atoms with Crippen molar-refractivity contribution in [2.75, 3.05) is 38.2 Å². The van der Waals surface area contributed by atoms with Crippen LogP contribution in [0.4, 0.5) is 10.1 Å². The lowest BCUT2D eigenvalue weighted by Gasteiger charge is -2.42. The van der Waals surface area contributed by atoms with E-state index in [2.05, 4.69) is 31.8 Å². The van der Waals surface area contributed by atoms with Crippen LogP contribution in [0.2, 0.25) is 0 Å². The molecule has 0 bridgehead atoms. The second kappa shape index (κ2) is 10.0. The van der Waals surface area contributed by atoms with E-state index < -0.39 is 0 Å². The summed E-state index contributed by atoms with van der Waals surface area (Å²) in [5.74, 6) is 1.26. The Morgan fingerprint density at radius 2 is 1.81 bits per heavy atom. The minimum Gasteiger partial charge on any atom is -0.497 e. The maximum atomic E-state index is 13.6. The SMILES string of the molecule is COc1ccc(C#N)c(N2CCC(N3CCC(Cc4cc(F)ccc4Br)CC3)CC2)c1. The van der Waals surface area contributed by atoms with Gasteiger partial charge in [0, 0.05) is 29.7 Å². The lowest BCUT2D eigenvalue weighted by atomic mass is 9.88. The number of methoxy groups -OCH3 is 1. The third-order valence-corrected chi connectivity index (χ3v) is 7.59. The first-order valence-corrected chi connectivity index (χ1v) is 11.9. The van der Waals surface area contributed by atoms with Crippen molar-refractivity contribution in [3.8, 4) is 11.8 Å². The van der Waals surface area contributed by atoms with Gasteiger partial charge in [-0.1, -0.05) is 15.9 Å². The van der Waals surface area contributed by atoms with Gasteiger partial charge in [-0.05, 0) is 87.0 Å². The van der Waals surface area contributed by atoms with E-state index in [1.807, 2.05) is 24.3 Å². The van der Waals surface area contributed by atoms with Crippen LogP contribution < -0.4 is 9.64 Å². The maximum Gasteiger partial charge on any atom is 0.123 e. The Morgan fingerprint density at radius 1 is 1.06 bits per heavy atom. The summed E-state index contributed by atoms with van der Waals surface area (Å²) in [4.78, 5) is 4.97. The molecule has 0 aliphatic carbocycles. The molecule has 164 valence electrons. The molecule has 2 fully saturated rings. The number of rotatable bonds is 5. The smallest absolute Gasteiger partial charge is 0.123 e. The zero-order chi connectivity index (χ0) is 21.8. The monoisotopic (exact) mass is 485 g/mol. The first kappa shape index (κ1) is 22.1. The van der Waals surface area contributed by atoms with Crippen LogP contribution in [0.5, 0.6) is 5.75 Å². The van der Waals surface area contributed by atoms with Crippen LogP contribution >= 0.6 is 15.9 Å². The number of hydrogen-bond acceptors (Lipinski definition) is 4. The Balaban J connectivity index is 1.30. The molecule has 4 rings (SSSR count). The summed E-state index contributed by atoms with van der Waals surface area (Å²) in [6.45, 7) is 4.15. The van der Waals surface area contributed by atoms with Gasteiger partial charge < -0.3 is 14.5 Å². The lowest BCUT2D eigenvalue weighted by molar-refractivity contribution is 0.115. The molecule has 0 N–H and O–H groups in total. The molecule has 6 heteroatoms. The van der Waals surface area contributed by atoms with Gasteiger partial charge in [0.1, 0.15) is 17.6 Å². The molecule has 0 unspecified atom stereocenters. The van der Waals surface area contributed by atoms with Gasteiger partial charge in [0.05, 0.1) is 18.4 Å². The van der Waals surface area contributed by atoms with Crippen molar-refractivity contribution in [2.45, 2.75) is 38.1 Å². The summed E-state index contributed by atoms with van der Waals surface area (Å²) in [6.07, 6.45) is 5.50. The number of hydrogen-bond donors (Lipinski definition) is 0. The third-order valence-electron chi connectivity index (χ3n) is 6.81. The highest BCUT2D eigenvalue weighted by Gasteiger charge is 2.29. The largest absolute Gasteiger partial charge is 0.497 e. The number of ether oxygens (including phenoxy) is 1. The van der Waals surface area contributed by atoms with E-state index in [9.17, 15) is 9.65 Å². The maximum absolute atomic E-state index is 13.6. The van der Waals surface area contributed by atoms with Crippen molar-refractivity contribution in [3.63, 3.8) is 0 Å². The van der Waals surface area contributed by atoms with Crippen LogP contribution in [0.25, 0.3) is 0 Å². The van der Waals surface area contributed by atoms with Crippen molar-refractivity contribution in [3.05, 3.63) is 57.8 Å². The molecule has 0 spiro atoms. The molecule has 0 radical (unpaired) electrons. The summed E-state index contributed by atoms with van der Waals surface area (Å²) in [5, 5.41) is 9.48. The average Bonchev–Trinajstić information content (AvgIpc) is 2.81. The van der Waals surface area contributed by atoms with Crippen LogP contribution in [0, 0.1) is 23.1 Å². The van der Waals surface area contributed by atoms with E-state index in [0.717, 1.165) is 79.8 Å². The highest BCUT2D eigenvalue weighted by atomic mass is 79.9. The number of likely N-dealkylation sites (tertiary alicyclic amines) is 1. The second-order valence-electron chi connectivity index (χ2n) is 8.63. The van der Waals surface area contributed by atoms with E-state index in [-0.39, 0.29) is 5.82 Å². The molecule has 0 atom stereocenters. The highest BCUT2D eigenvalue weighted by molar-refractivity contribution is 9.10. The molecule has 0 amide bonds. The summed E-state index contributed by atoms with van der Waals surface area (Å²) < 4.78 is 20.0. The Labute approximate surface area is 192 Å². The van der Waals surface area contributed by atoms with Gasteiger partial charge in [-0.15, -0.1) is 0 Å². The van der Waals surface area contributed by atoms with Gasteiger partial charge in [-0.2, -0.15) is 5.26 Å². The lowest BCUT2D eigenvalue weighted by Crippen LogP contribution is -2.48. The normalized spacial score (nSPS) is 18.7. The number of anilines is 1. The van der Waals surface area contributed by atoms with E-state index in [1.165, 1.54) is 6.07 Å². The third kappa shape index (κ3) is 5.22. The minimum atomic E-state index is -0.155. The van der Waals surface area contributed by atoms with Crippen LogP contribution in [0.15, 0.2) is 40.9 Å². The Hall–Kier alpha value is -2.10. The molecule has 2 heterocycles. The Kier molecular flexibility index (Phi) is 7.14. The molecule has 0 aromatic heterocycles. The predicted molar refractivity (Wildman–Crippen MR) is 125 cm³/mol. The second-order valence-corrected chi connectivity index (χ2v) is 9.49. The van der Waals surface area contributed by atoms with Crippen LogP contribution in [0.3, 0.4) is 0 Å². The van der Waals surface area contributed by atoms with Gasteiger partial charge in [0.2, 0.25) is 0 Å². The molecule has 31 heavy (non-hydrogen) atoms. The molecule has 2 aliphatic heterocycles. The molecule has 2 aromatic rings. The summed E-state index contributed by atoms with van der Waals surface area (Å²) in [7, 11) is 1.66. The minimum absolute atomic E-state index is 0.155. The van der Waals surface area contributed by atoms with Crippen molar-refractivity contribution in [2.24, 2.45) is 5.92 Å². The van der Waals surface area contributed by atoms with Crippen LogP contribution in [-0.2, 0) is 6.42 Å². The molecule has 4 nitrogen and oxygen atoms in total. The van der Waals surface area contributed by atoms with Crippen molar-refractivity contribution >= 4 is 21.6 Å². The molecule has 0 saturated carbocycles. The van der Waals surface area contributed by atoms with Gasteiger partial charge >= 0.3 is 0 Å². The molecular weight excluding hydrogens is 457 g/mol. The number of halogens is 2. The zero-order valence-electron chi connectivity index (χ0n) is 18.0. The molecular formula is C25H29BrFN3O. The standard InChI is InChI=1S/C25H29BrFN3O/c1-31-23-4-2-19(17-28)25(16-23)30-12-8-22(9-13-30)29-10-6-18(7-11-29)14-20-15-21(27)3-5-24(20)26/h2-5,15-16,18,22H,6-14H2,1H3. The molecule has 2 saturated heterocycles. The summed E-state index contributed by atoms with van der Waals surface area (Å²) in [6, 6.07) is 13.6. The van der Waals surface area contributed by atoms with Gasteiger partial charge in [-0.25, -0.2) is 4.39 Å². The Bertz CT molecular complexity index is 944. The first-order chi connectivity index (χ1) is 15.1. The van der Waals surface area contributed by atoms with Gasteiger partial charge in [0.15, 0.2) is 0 Å². The Morgan fingerprint density at radius 3 is 2.48 bits per heavy atom.